The number of carbonyl (C=O) groups is 1. The van der Waals surface area contributed by atoms with Crippen LogP contribution in [-0.2, 0) is 4.79 Å². The van der Waals surface area contributed by atoms with Crippen molar-refractivity contribution >= 4 is 11.7 Å². The minimum atomic E-state index is 0.284. The second-order valence-electron chi connectivity index (χ2n) is 6.95. The molecule has 5 nitrogen and oxygen atoms in total. The molecule has 0 radical (unpaired) electrons. The lowest BCUT2D eigenvalue weighted by Gasteiger charge is -2.26. The van der Waals surface area contributed by atoms with Gasteiger partial charge in [-0.25, -0.2) is 9.97 Å². The van der Waals surface area contributed by atoms with Crippen molar-refractivity contribution in [3.05, 3.63) is 17.1 Å². The number of rotatable bonds is 2. The molecule has 23 heavy (non-hydrogen) atoms. The number of anilines is 1. The molecule has 0 spiro atoms. The third-order valence-corrected chi connectivity index (χ3v) is 5.29. The summed E-state index contributed by atoms with van der Waals surface area (Å²) in [6.07, 6.45) is 5.62. The molecule has 2 aliphatic rings. The van der Waals surface area contributed by atoms with Crippen LogP contribution in [0.15, 0.2) is 0 Å². The monoisotopic (exact) mass is 316 g/mol. The Morgan fingerprint density at radius 3 is 2.43 bits per heavy atom. The molecule has 2 fully saturated rings. The van der Waals surface area contributed by atoms with E-state index in [1.54, 1.807) is 0 Å². The smallest absolute Gasteiger partial charge is 0.225 e. The van der Waals surface area contributed by atoms with Gasteiger partial charge in [-0.15, -0.1) is 0 Å². The Morgan fingerprint density at radius 2 is 1.70 bits per heavy atom. The van der Waals surface area contributed by atoms with Gasteiger partial charge >= 0.3 is 0 Å². The van der Waals surface area contributed by atoms with Crippen LogP contribution in [0, 0.1) is 26.7 Å². The second kappa shape index (κ2) is 6.85. The Morgan fingerprint density at radius 1 is 0.957 bits per heavy atom. The van der Waals surface area contributed by atoms with Crippen molar-refractivity contribution in [1.29, 1.82) is 0 Å². The molecule has 3 rings (SSSR count). The van der Waals surface area contributed by atoms with E-state index in [9.17, 15) is 4.79 Å². The lowest BCUT2D eigenvalue weighted by atomic mass is 10.1. The van der Waals surface area contributed by atoms with Crippen molar-refractivity contribution in [2.45, 2.75) is 52.9 Å². The van der Waals surface area contributed by atoms with E-state index in [0.29, 0.717) is 5.91 Å². The molecule has 0 aromatic carbocycles. The number of nitrogens with zero attached hydrogens (tertiary/aromatic N) is 4. The van der Waals surface area contributed by atoms with Crippen LogP contribution in [0.4, 0.5) is 5.82 Å². The van der Waals surface area contributed by atoms with E-state index in [0.717, 1.165) is 68.3 Å². The van der Waals surface area contributed by atoms with Gasteiger partial charge in [-0.05, 0) is 40.0 Å². The molecule has 1 aromatic heterocycles. The van der Waals surface area contributed by atoms with Crippen molar-refractivity contribution in [2.75, 3.05) is 31.1 Å². The molecular weight excluding hydrogens is 288 g/mol. The summed E-state index contributed by atoms with van der Waals surface area (Å²) in [7, 11) is 0. The molecule has 1 saturated carbocycles. The second-order valence-corrected chi connectivity index (χ2v) is 6.95. The summed E-state index contributed by atoms with van der Waals surface area (Å²) in [5.41, 5.74) is 2.21. The van der Waals surface area contributed by atoms with Gasteiger partial charge in [0.05, 0.1) is 0 Å². The molecule has 2 heterocycles. The zero-order valence-electron chi connectivity index (χ0n) is 14.6. The van der Waals surface area contributed by atoms with E-state index in [1.807, 2.05) is 13.8 Å². The molecule has 0 N–H and O–H groups in total. The summed E-state index contributed by atoms with van der Waals surface area (Å²) in [5, 5.41) is 0. The van der Waals surface area contributed by atoms with Crippen molar-refractivity contribution in [1.82, 2.24) is 14.9 Å². The maximum Gasteiger partial charge on any atom is 0.225 e. The summed E-state index contributed by atoms with van der Waals surface area (Å²) in [4.78, 5) is 26.2. The first-order chi connectivity index (χ1) is 11.1. The zero-order chi connectivity index (χ0) is 16.4. The highest BCUT2D eigenvalue weighted by atomic mass is 16.2. The highest BCUT2D eigenvalue weighted by Crippen LogP contribution is 2.27. The Balaban J connectivity index is 1.70. The summed E-state index contributed by atoms with van der Waals surface area (Å²) in [6.45, 7) is 9.62. The van der Waals surface area contributed by atoms with Crippen LogP contribution in [0.2, 0.25) is 0 Å². The molecule has 5 heteroatoms. The predicted octanol–water partition coefficient (Wildman–Crippen LogP) is 2.63. The molecule has 0 bridgehead atoms. The molecule has 1 aromatic rings. The van der Waals surface area contributed by atoms with Crippen LogP contribution in [0.3, 0.4) is 0 Å². The third-order valence-electron chi connectivity index (χ3n) is 5.29. The largest absolute Gasteiger partial charge is 0.354 e. The molecule has 126 valence electrons. The topological polar surface area (TPSA) is 49.3 Å². The molecule has 0 atom stereocenters. The van der Waals surface area contributed by atoms with Crippen molar-refractivity contribution in [2.24, 2.45) is 5.92 Å². The Hall–Kier alpha value is -1.65. The number of hydrogen-bond acceptors (Lipinski definition) is 4. The van der Waals surface area contributed by atoms with Gasteiger partial charge in [0.2, 0.25) is 5.91 Å². The van der Waals surface area contributed by atoms with Crippen LogP contribution in [-0.4, -0.2) is 47.0 Å². The average molecular weight is 316 g/mol. The van der Waals surface area contributed by atoms with Gasteiger partial charge in [0, 0.05) is 43.4 Å². The standard InChI is InChI=1S/C18H28N4O/c1-13-14(2)19-15(3)20-17(13)21-9-6-10-22(12-11-21)18(23)16-7-4-5-8-16/h16H,4-12H2,1-3H3. The summed E-state index contributed by atoms with van der Waals surface area (Å²) < 4.78 is 0. The fourth-order valence-corrected chi connectivity index (χ4v) is 3.84. The number of carbonyl (C=O) groups excluding carboxylic acids is 1. The van der Waals surface area contributed by atoms with E-state index < -0.39 is 0 Å². The lowest BCUT2D eigenvalue weighted by molar-refractivity contribution is -0.135. The van der Waals surface area contributed by atoms with E-state index in [-0.39, 0.29) is 5.92 Å². The maximum atomic E-state index is 12.7. The molecule has 1 aliphatic carbocycles. The minimum Gasteiger partial charge on any atom is -0.354 e. The first-order valence-electron chi connectivity index (χ1n) is 8.92. The maximum absolute atomic E-state index is 12.7. The minimum absolute atomic E-state index is 0.284. The van der Waals surface area contributed by atoms with Gasteiger partial charge in [-0.1, -0.05) is 12.8 Å². The number of amides is 1. The van der Waals surface area contributed by atoms with Crippen molar-refractivity contribution in [3.8, 4) is 0 Å². The summed E-state index contributed by atoms with van der Waals surface area (Å²) >= 11 is 0. The van der Waals surface area contributed by atoms with Gasteiger partial charge in [-0.2, -0.15) is 0 Å². The summed E-state index contributed by atoms with van der Waals surface area (Å²) in [6, 6.07) is 0. The van der Waals surface area contributed by atoms with Gasteiger partial charge in [0.25, 0.3) is 0 Å². The molecular formula is C18H28N4O. The van der Waals surface area contributed by atoms with Gasteiger partial charge in [0.15, 0.2) is 0 Å². The van der Waals surface area contributed by atoms with Gasteiger partial charge < -0.3 is 9.80 Å². The molecule has 0 unspecified atom stereocenters. The lowest BCUT2D eigenvalue weighted by Crippen LogP contribution is -2.38. The Bertz CT molecular complexity index is 581. The zero-order valence-corrected chi connectivity index (χ0v) is 14.6. The highest BCUT2D eigenvalue weighted by Gasteiger charge is 2.29. The first kappa shape index (κ1) is 16.2. The Kier molecular flexibility index (Phi) is 4.83. The van der Waals surface area contributed by atoms with Gasteiger partial charge in [-0.3, -0.25) is 4.79 Å². The van der Waals surface area contributed by atoms with Gasteiger partial charge in [0.1, 0.15) is 11.6 Å². The summed E-state index contributed by atoms with van der Waals surface area (Å²) in [5.74, 6) is 2.54. The first-order valence-corrected chi connectivity index (χ1v) is 8.92. The normalized spacial score (nSPS) is 20.0. The van der Waals surface area contributed by atoms with E-state index >= 15 is 0 Å². The van der Waals surface area contributed by atoms with Crippen LogP contribution in [0.1, 0.15) is 49.2 Å². The Labute approximate surface area is 139 Å². The average Bonchev–Trinajstić information content (AvgIpc) is 2.95. The fraction of sp³-hybridized carbons (Fsp3) is 0.722. The fourth-order valence-electron chi connectivity index (χ4n) is 3.84. The van der Waals surface area contributed by atoms with E-state index in [1.165, 1.54) is 12.8 Å². The SMILES string of the molecule is Cc1nc(C)c(C)c(N2CCCN(C(=O)C3CCCC3)CC2)n1. The number of aryl methyl sites for hydroxylation is 2. The van der Waals surface area contributed by atoms with E-state index in [4.69, 9.17) is 0 Å². The quantitative estimate of drug-likeness (QED) is 0.841. The van der Waals surface area contributed by atoms with Crippen molar-refractivity contribution < 1.29 is 4.79 Å². The highest BCUT2D eigenvalue weighted by molar-refractivity contribution is 5.79. The third kappa shape index (κ3) is 3.48. The predicted molar refractivity (Wildman–Crippen MR) is 91.6 cm³/mol. The molecule has 1 aliphatic heterocycles. The van der Waals surface area contributed by atoms with Crippen LogP contribution in [0.25, 0.3) is 0 Å². The number of hydrogen-bond donors (Lipinski definition) is 0. The van der Waals surface area contributed by atoms with Crippen LogP contribution < -0.4 is 4.90 Å². The number of aromatic nitrogens is 2. The van der Waals surface area contributed by atoms with Crippen LogP contribution in [0.5, 0.6) is 0 Å². The van der Waals surface area contributed by atoms with Crippen LogP contribution >= 0.6 is 0 Å². The molecule has 1 saturated heterocycles. The molecule has 1 amide bonds. The van der Waals surface area contributed by atoms with Crippen molar-refractivity contribution in [3.63, 3.8) is 0 Å². The van der Waals surface area contributed by atoms with E-state index in [2.05, 4.69) is 26.7 Å².